The van der Waals surface area contributed by atoms with Gasteiger partial charge < -0.3 is 14.8 Å². The first-order valence-electron chi connectivity index (χ1n) is 7.40. The highest BCUT2D eigenvalue weighted by atomic mass is 16.5. The zero-order chi connectivity index (χ0) is 16.9. The summed E-state index contributed by atoms with van der Waals surface area (Å²) in [5.41, 5.74) is 2.81. The normalized spacial score (nSPS) is 10.6. The molecule has 0 spiro atoms. The van der Waals surface area contributed by atoms with E-state index in [0.717, 1.165) is 11.4 Å². The Morgan fingerprint density at radius 1 is 1.33 bits per heavy atom. The van der Waals surface area contributed by atoms with E-state index in [1.165, 1.54) is 7.11 Å². The summed E-state index contributed by atoms with van der Waals surface area (Å²) < 4.78 is 12.0. The Morgan fingerprint density at radius 2 is 2.21 bits per heavy atom. The zero-order valence-electron chi connectivity index (χ0n) is 13.4. The number of aromatic nitrogens is 4. The van der Waals surface area contributed by atoms with Gasteiger partial charge in [0.1, 0.15) is 18.7 Å². The zero-order valence-corrected chi connectivity index (χ0v) is 13.4. The number of aryl methyl sites for hydroxylation is 1. The molecule has 24 heavy (non-hydrogen) atoms. The van der Waals surface area contributed by atoms with E-state index in [1.54, 1.807) is 35.1 Å². The van der Waals surface area contributed by atoms with Gasteiger partial charge in [0.25, 0.3) is 0 Å². The van der Waals surface area contributed by atoms with Gasteiger partial charge in [0.15, 0.2) is 0 Å². The highest BCUT2D eigenvalue weighted by Crippen LogP contribution is 2.16. The molecule has 0 fully saturated rings. The van der Waals surface area contributed by atoms with Gasteiger partial charge in [-0.15, -0.1) is 10.2 Å². The minimum absolute atomic E-state index is 0.389. The number of anilines is 1. The summed E-state index contributed by atoms with van der Waals surface area (Å²) in [6, 6.07) is 8.78. The van der Waals surface area contributed by atoms with Crippen LogP contribution in [0.1, 0.15) is 16.1 Å². The standard InChI is InChI=1S/C16H17N5O3/c1-11-8-14(15-19-18-10-21(15)20-11)17-6-7-24-13-5-3-4-12(9-13)16(22)23-2/h3-5,8-10,17H,6-7H2,1-2H3. The van der Waals surface area contributed by atoms with Gasteiger partial charge in [0.2, 0.25) is 5.65 Å². The lowest BCUT2D eigenvalue weighted by Crippen LogP contribution is -2.13. The van der Waals surface area contributed by atoms with E-state index in [0.29, 0.717) is 30.1 Å². The number of ether oxygens (including phenoxy) is 2. The predicted molar refractivity (Wildman–Crippen MR) is 87.3 cm³/mol. The van der Waals surface area contributed by atoms with Crippen molar-refractivity contribution in [3.8, 4) is 5.75 Å². The molecule has 0 aliphatic carbocycles. The van der Waals surface area contributed by atoms with E-state index in [1.807, 2.05) is 13.0 Å². The number of carbonyl (C=O) groups excluding carboxylic acids is 1. The first-order valence-corrected chi connectivity index (χ1v) is 7.40. The first-order chi connectivity index (χ1) is 11.7. The third-order valence-corrected chi connectivity index (χ3v) is 3.33. The topological polar surface area (TPSA) is 90.6 Å². The van der Waals surface area contributed by atoms with Crippen LogP contribution < -0.4 is 10.1 Å². The molecule has 8 heteroatoms. The summed E-state index contributed by atoms with van der Waals surface area (Å²) in [4.78, 5) is 11.5. The molecule has 0 amide bonds. The molecule has 8 nitrogen and oxygen atoms in total. The van der Waals surface area contributed by atoms with E-state index in [9.17, 15) is 4.79 Å². The van der Waals surface area contributed by atoms with Crippen molar-refractivity contribution in [2.75, 3.05) is 25.6 Å². The van der Waals surface area contributed by atoms with Crippen molar-refractivity contribution in [3.05, 3.63) is 47.9 Å². The molecule has 0 aliphatic rings. The largest absolute Gasteiger partial charge is 0.492 e. The van der Waals surface area contributed by atoms with E-state index >= 15 is 0 Å². The lowest BCUT2D eigenvalue weighted by atomic mass is 10.2. The fourth-order valence-corrected chi connectivity index (χ4v) is 2.27. The van der Waals surface area contributed by atoms with E-state index in [2.05, 4.69) is 20.6 Å². The highest BCUT2D eigenvalue weighted by molar-refractivity contribution is 5.89. The van der Waals surface area contributed by atoms with Gasteiger partial charge in [-0.1, -0.05) is 6.07 Å². The van der Waals surface area contributed by atoms with E-state index < -0.39 is 0 Å². The summed E-state index contributed by atoms with van der Waals surface area (Å²) in [5.74, 6) is 0.221. The molecule has 3 rings (SSSR count). The molecular weight excluding hydrogens is 310 g/mol. The Bertz CT molecular complexity index is 862. The number of benzene rings is 1. The lowest BCUT2D eigenvalue weighted by molar-refractivity contribution is 0.0600. The number of hydrogen-bond acceptors (Lipinski definition) is 7. The number of methoxy groups -OCH3 is 1. The third-order valence-electron chi connectivity index (χ3n) is 3.33. The predicted octanol–water partition coefficient (Wildman–Crippen LogP) is 1.71. The molecule has 0 radical (unpaired) electrons. The molecule has 2 aromatic heterocycles. The smallest absolute Gasteiger partial charge is 0.337 e. The Kier molecular flexibility index (Phi) is 4.55. The molecular formula is C16H17N5O3. The van der Waals surface area contributed by atoms with Crippen LogP contribution in [0.5, 0.6) is 5.75 Å². The van der Waals surface area contributed by atoms with Gasteiger partial charge in [-0.25, -0.2) is 4.79 Å². The number of fused-ring (bicyclic) bond motifs is 1. The maximum absolute atomic E-state index is 11.5. The van der Waals surface area contributed by atoms with Crippen molar-refractivity contribution in [1.82, 2.24) is 19.8 Å². The molecule has 124 valence electrons. The summed E-state index contributed by atoms with van der Waals surface area (Å²) in [6.45, 7) is 2.89. The van der Waals surface area contributed by atoms with Crippen molar-refractivity contribution < 1.29 is 14.3 Å². The van der Waals surface area contributed by atoms with Crippen molar-refractivity contribution in [2.45, 2.75) is 6.92 Å². The Balaban J connectivity index is 1.59. The van der Waals surface area contributed by atoms with Crippen molar-refractivity contribution >= 4 is 17.3 Å². The Morgan fingerprint density at radius 3 is 3.04 bits per heavy atom. The number of hydrogen-bond donors (Lipinski definition) is 1. The molecule has 0 bridgehead atoms. The Labute approximate surface area is 138 Å². The average molecular weight is 327 g/mol. The minimum Gasteiger partial charge on any atom is -0.492 e. The number of carbonyl (C=O) groups is 1. The van der Waals surface area contributed by atoms with Crippen molar-refractivity contribution in [3.63, 3.8) is 0 Å². The van der Waals surface area contributed by atoms with Crippen LogP contribution in [-0.2, 0) is 4.74 Å². The van der Waals surface area contributed by atoms with E-state index in [-0.39, 0.29) is 5.97 Å². The fourth-order valence-electron chi connectivity index (χ4n) is 2.27. The van der Waals surface area contributed by atoms with Crippen LogP contribution in [0.4, 0.5) is 5.69 Å². The monoisotopic (exact) mass is 327 g/mol. The number of rotatable bonds is 6. The maximum atomic E-state index is 11.5. The number of esters is 1. The second kappa shape index (κ2) is 6.95. The van der Waals surface area contributed by atoms with Crippen LogP contribution in [0, 0.1) is 6.92 Å². The van der Waals surface area contributed by atoms with Crippen LogP contribution in [-0.4, -0.2) is 46.0 Å². The second-order valence-corrected chi connectivity index (χ2v) is 5.09. The minimum atomic E-state index is -0.389. The third kappa shape index (κ3) is 3.43. The van der Waals surface area contributed by atoms with Gasteiger partial charge in [-0.3, -0.25) is 0 Å². The summed E-state index contributed by atoms with van der Waals surface area (Å²) in [6.07, 6.45) is 1.56. The van der Waals surface area contributed by atoms with Gasteiger partial charge in [-0.05, 0) is 31.2 Å². The Hall–Kier alpha value is -3.16. The van der Waals surface area contributed by atoms with Crippen LogP contribution in [0.3, 0.4) is 0 Å². The SMILES string of the molecule is COC(=O)c1cccc(OCCNc2cc(C)nn3cnnc23)c1. The fraction of sp³-hybridized carbons (Fsp3) is 0.250. The molecule has 1 aromatic carbocycles. The second-order valence-electron chi connectivity index (χ2n) is 5.09. The number of nitrogens with zero attached hydrogens (tertiary/aromatic N) is 4. The molecule has 2 heterocycles. The van der Waals surface area contributed by atoms with Crippen LogP contribution in [0.2, 0.25) is 0 Å². The first kappa shape index (κ1) is 15.7. The van der Waals surface area contributed by atoms with Gasteiger partial charge >= 0.3 is 5.97 Å². The van der Waals surface area contributed by atoms with Crippen molar-refractivity contribution in [1.29, 1.82) is 0 Å². The summed E-state index contributed by atoms with van der Waals surface area (Å²) in [5, 5.41) is 15.4. The maximum Gasteiger partial charge on any atom is 0.337 e. The van der Waals surface area contributed by atoms with Gasteiger partial charge in [-0.2, -0.15) is 9.61 Å². The highest BCUT2D eigenvalue weighted by Gasteiger charge is 2.07. The van der Waals surface area contributed by atoms with Crippen molar-refractivity contribution in [2.24, 2.45) is 0 Å². The van der Waals surface area contributed by atoms with Gasteiger partial charge in [0, 0.05) is 6.54 Å². The van der Waals surface area contributed by atoms with E-state index in [4.69, 9.17) is 9.47 Å². The lowest BCUT2D eigenvalue weighted by Gasteiger charge is -2.10. The molecule has 0 saturated carbocycles. The van der Waals surface area contributed by atoms with Gasteiger partial charge in [0.05, 0.1) is 24.1 Å². The molecule has 0 saturated heterocycles. The summed E-state index contributed by atoms with van der Waals surface area (Å²) in [7, 11) is 1.35. The van der Waals surface area contributed by atoms with Crippen LogP contribution in [0.25, 0.3) is 5.65 Å². The molecule has 0 unspecified atom stereocenters. The van der Waals surface area contributed by atoms with Crippen LogP contribution in [0.15, 0.2) is 36.7 Å². The molecule has 1 N–H and O–H groups in total. The average Bonchev–Trinajstić information content (AvgIpc) is 3.06. The quantitative estimate of drug-likeness (QED) is 0.544. The summed E-state index contributed by atoms with van der Waals surface area (Å²) >= 11 is 0. The molecule has 0 atom stereocenters. The number of nitrogens with one attached hydrogen (secondary N) is 1. The van der Waals surface area contributed by atoms with Crippen LogP contribution >= 0.6 is 0 Å². The molecule has 0 aliphatic heterocycles. The molecule has 3 aromatic rings.